The molecule has 216 valence electrons. The van der Waals surface area contributed by atoms with Crippen molar-refractivity contribution >= 4 is 39.2 Å². The summed E-state index contributed by atoms with van der Waals surface area (Å²) in [5.74, 6) is 0.893. The highest BCUT2D eigenvalue weighted by molar-refractivity contribution is 7.89. The van der Waals surface area contributed by atoms with Crippen molar-refractivity contribution in [3.63, 3.8) is 0 Å². The number of carbonyl (C=O) groups excluding carboxylic acids is 1. The van der Waals surface area contributed by atoms with Crippen molar-refractivity contribution in [3.8, 4) is 11.4 Å². The molecular formula is C28H32N6O6S. The summed E-state index contributed by atoms with van der Waals surface area (Å²) in [5, 5.41) is 14.5. The van der Waals surface area contributed by atoms with Gasteiger partial charge in [0.05, 0.1) is 23.7 Å². The van der Waals surface area contributed by atoms with E-state index in [0.717, 1.165) is 18.4 Å². The zero-order valence-corrected chi connectivity index (χ0v) is 23.6. The highest BCUT2D eigenvalue weighted by atomic mass is 32.2. The Bertz CT molecular complexity index is 1520. The summed E-state index contributed by atoms with van der Waals surface area (Å²) < 4.78 is 30.0. The number of carbonyl (C=O) groups is 2. The van der Waals surface area contributed by atoms with Gasteiger partial charge in [-0.15, -0.1) is 0 Å². The van der Waals surface area contributed by atoms with Crippen LogP contribution in [0.2, 0.25) is 0 Å². The van der Waals surface area contributed by atoms with Crippen LogP contribution in [0.4, 0.5) is 26.8 Å². The highest BCUT2D eigenvalue weighted by Crippen LogP contribution is 2.30. The molecule has 3 heterocycles. The average Bonchev–Trinajstić information content (AvgIpc) is 3.26. The van der Waals surface area contributed by atoms with Crippen LogP contribution in [0.25, 0.3) is 11.4 Å². The Hall–Kier alpha value is -4.23. The molecule has 13 heteroatoms. The first kappa shape index (κ1) is 28.3. The number of nitrogens with zero attached hydrogens (tertiary/aromatic N) is 4. The molecular weight excluding hydrogens is 548 g/mol. The van der Waals surface area contributed by atoms with Crippen LogP contribution in [0, 0.1) is 0 Å². The van der Waals surface area contributed by atoms with Crippen molar-refractivity contribution in [2.45, 2.75) is 37.3 Å². The molecule has 5 rings (SSSR count). The molecule has 0 aliphatic carbocycles. The van der Waals surface area contributed by atoms with E-state index in [-0.39, 0.29) is 24.5 Å². The number of carboxylic acid groups (broad SMARTS) is 1. The third kappa shape index (κ3) is 7.50. The summed E-state index contributed by atoms with van der Waals surface area (Å²) >= 11 is 0. The van der Waals surface area contributed by atoms with Crippen molar-refractivity contribution in [2.24, 2.45) is 0 Å². The van der Waals surface area contributed by atoms with Crippen LogP contribution in [-0.4, -0.2) is 79.1 Å². The maximum atomic E-state index is 12.5. The van der Waals surface area contributed by atoms with Crippen LogP contribution in [0.3, 0.4) is 0 Å². The summed E-state index contributed by atoms with van der Waals surface area (Å²) in [6.07, 6.45) is 2.48. The van der Waals surface area contributed by atoms with Gasteiger partial charge in [0.1, 0.15) is 5.82 Å². The van der Waals surface area contributed by atoms with Crippen LogP contribution in [-0.2, 0) is 26.9 Å². The summed E-state index contributed by atoms with van der Waals surface area (Å²) in [6.45, 7) is 1.64. The summed E-state index contributed by atoms with van der Waals surface area (Å²) in [4.78, 5) is 36.1. The number of morpholine rings is 1. The number of ether oxygens (including phenoxy) is 1. The van der Waals surface area contributed by atoms with Crippen LogP contribution in [0.5, 0.6) is 0 Å². The van der Waals surface area contributed by atoms with Crippen molar-refractivity contribution in [2.75, 3.05) is 41.9 Å². The van der Waals surface area contributed by atoms with Crippen LogP contribution >= 0.6 is 0 Å². The SMILES string of the molecule is CN(Cc1ccc(NC(=O)Nc2ccc(-c3nc(CS(C)(=O)=O)cc(N4CC5CCC(C4)O5)n3)cc2)cc1)C(=O)O. The lowest BCUT2D eigenvalue weighted by Gasteiger charge is -2.33. The smallest absolute Gasteiger partial charge is 0.407 e. The first-order chi connectivity index (χ1) is 19.5. The minimum atomic E-state index is -3.30. The van der Waals surface area contributed by atoms with E-state index in [1.165, 1.54) is 18.2 Å². The first-order valence-electron chi connectivity index (χ1n) is 13.2. The Morgan fingerprint density at radius 3 is 2.15 bits per heavy atom. The largest absolute Gasteiger partial charge is 0.465 e. The van der Waals surface area contributed by atoms with Crippen molar-refractivity contribution < 1.29 is 27.9 Å². The van der Waals surface area contributed by atoms with Gasteiger partial charge in [0, 0.05) is 55.9 Å². The van der Waals surface area contributed by atoms with E-state index in [4.69, 9.17) is 14.8 Å². The summed E-state index contributed by atoms with van der Waals surface area (Å²) in [6, 6.07) is 15.2. The number of fused-ring (bicyclic) bond motifs is 2. The molecule has 0 spiro atoms. The number of aromatic nitrogens is 2. The predicted molar refractivity (Wildman–Crippen MR) is 155 cm³/mol. The standard InChI is InChI=1S/C28H32N6O6S/c1-33(28(36)37)14-18-3-7-20(8-4-18)30-27(35)31-21-9-5-19(6-10-21)26-29-22(17-41(2,38)39)13-25(32-26)34-15-23-11-12-24(16-34)40-23/h3-10,13,23-24H,11-12,14-17H2,1-2H3,(H,36,37)(H2,30,31,35). The number of rotatable bonds is 8. The second-order valence-corrected chi connectivity index (χ2v) is 12.6. The van der Waals surface area contributed by atoms with Crippen LogP contribution < -0.4 is 15.5 Å². The lowest BCUT2D eigenvalue weighted by Crippen LogP contribution is -2.43. The maximum absolute atomic E-state index is 12.5. The number of amides is 3. The van der Waals surface area contributed by atoms with Gasteiger partial charge in [-0.2, -0.15) is 0 Å². The van der Waals surface area contributed by atoms with Gasteiger partial charge in [-0.3, -0.25) is 0 Å². The van der Waals surface area contributed by atoms with E-state index in [9.17, 15) is 18.0 Å². The molecule has 2 fully saturated rings. The third-order valence-corrected chi connectivity index (χ3v) is 7.72. The Kier molecular flexibility index (Phi) is 8.08. The normalized spacial score (nSPS) is 18.1. The number of benzene rings is 2. The molecule has 2 atom stereocenters. The van der Waals surface area contributed by atoms with Crippen LogP contribution in [0.1, 0.15) is 24.1 Å². The number of anilines is 3. The lowest BCUT2D eigenvalue weighted by molar-refractivity contribution is 0.0302. The molecule has 2 aromatic carbocycles. The van der Waals surface area contributed by atoms with E-state index < -0.39 is 22.0 Å². The minimum Gasteiger partial charge on any atom is -0.465 e. The monoisotopic (exact) mass is 580 g/mol. The summed E-state index contributed by atoms with van der Waals surface area (Å²) in [5.41, 5.74) is 3.01. The molecule has 3 aromatic rings. The molecule has 0 radical (unpaired) electrons. The fraction of sp³-hybridized carbons (Fsp3) is 0.357. The molecule has 0 saturated carbocycles. The van der Waals surface area contributed by atoms with Gasteiger partial charge >= 0.3 is 12.1 Å². The Labute approximate surface area is 238 Å². The predicted octanol–water partition coefficient (Wildman–Crippen LogP) is 3.81. The molecule has 3 amide bonds. The zero-order valence-electron chi connectivity index (χ0n) is 22.8. The van der Waals surface area contributed by atoms with Gasteiger partial charge in [-0.1, -0.05) is 12.1 Å². The number of urea groups is 1. The van der Waals surface area contributed by atoms with Crippen molar-refractivity contribution in [1.82, 2.24) is 14.9 Å². The van der Waals surface area contributed by atoms with Gasteiger partial charge in [0.25, 0.3) is 0 Å². The minimum absolute atomic E-state index is 0.151. The van der Waals surface area contributed by atoms with Crippen molar-refractivity contribution in [3.05, 3.63) is 65.9 Å². The van der Waals surface area contributed by atoms with E-state index in [0.29, 0.717) is 47.4 Å². The second kappa shape index (κ2) is 11.7. The molecule has 1 aromatic heterocycles. The highest BCUT2D eigenvalue weighted by Gasteiger charge is 2.34. The third-order valence-electron chi connectivity index (χ3n) is 6.90. The van der Waals surface area contributed by atoms with E-state index in [1.807, 2.05) is 0 Å². The number of hydrogen-bond acceptors (Lipinski definition) is 8. The van der Waals surface area contributed by atoms with Gasteiger partial charge in [0.15, 0.2) is 15.7 Å². The maximum Gasteiger partial charge on any atom is 0.407 e. The fourth-order valence-electron chi connectivity index (χ4n) is 4.95. The first-order valence-corrected chi connectivity index (χ1v) is 15.2. The van der Waals surface area contributed by atoms with E-state index >= 15 is 0 Å². The van der Waals surface area contributed by atoms with E-state index in [1.54, 1.807) is 54.6 Å². The quantitative estimate of drug-likeness (QED) is 0.361. The second-order valence-electron chi connectivity index (χ2n) is 10.5. The molecule has 2 bridgehead atoms. The number of nitrogens with one attached hydrogen (secondary N) is 2. The van der Waals surface area contributed by atoms with Gasteiger partial charge in [-0.25, -0.2) is 28.0 Å². The molecule has 3 N–H and O–H groups in total. The zero-order chi connectivity index (χ0) is 29.1. The molecule has 2 unspecified atom stereocenters. The molecule has 41 heavy (non-hydrogen) atoms. The van der Waals surface area contributed by atoms with Crippen LogP contribution in [0.15, 0.2) is 54.6 Å². The van der Waals surface area contributed by atoms with Gasteiger partial charge in [-0.05, 0) is 54.8 Å². The number of sulfone groups is 1. The summed E-state index contributed by atoms with van der Waals surface area (Å²) in [7, 11) is -1.82. The topological polar surface area (TPSA) is 154 Å². The molecule has 2 saturated heterocycles. The Morgan fingerprint density at radius 1 is 1.00 bits per heavy atom. The fourth-order valence-corrected chi connectivity index (χ4v) is 5.63. The average molecular weight is 581 g/mol. The molecule has 2 aliphatic rings. The number of hydrogen-bond donors (Lipinski definition) is 3. The molecule has 12 nitrogen and oxygen atoms in total. The van der Waals surface area contributed by atoms with Crippen molar-refractivity contribution in [1.29, 1.82) is 0 Å². The van der Waals surface area contributed by atoms with Gasteiger partial charge < -0.3 is 30.3 Å². The van der Waals surface area contributed by atoms with E-state index in [2.05, 4.69) is 20.5 Å². The molecule has 2 aliphatic heterocycles. The van der Waals surface area contributed by atoms with Gasteiger partial charge in [0.2, 0.25) is 0 Å². The Balaban J connectivity index is 1.27. The Morgan fingerprint density at radius 2 is 1.59 bits per heavy atom. The lowest BCUT2D eigenvalue weighted by atomic mass is 10.2.